The topological polar surface area (TPSA) is 40.5 Å². The highest BCUT2D eigenvalue weighted by Crippen LogP contribution is 2.32. The zero-order valence-corrected chi connectivity index (χ0v) is 9.44. The Balaban J connectivity index is 2.14. The molecule has 3 nitrogen and oxygen atoms in total. The summed E-state index contributed by atoms with van der Waals surface area (Å²) >= 11 is 0. The van der Waals surface area contributed by atoms with Crippen LogP contribution in [0.2, 0.25) is 0 Å². The lowest BCUT2D eigenvalue weighted by molar-refractivity contribution is -0.186. The van der Waals surface area contributed by atoms with Crippen LogP contribution in [0.15, 0.2) is 24.3 Å². The van der Waals surface area contributed by atoms with Gasteiger partial charge in [0.1, 0.15) is 5.75 Å². The summed E-state index contributed by atoms with van der Waals surface area (Å²) < 4.78 is 37.3. The van der Waals surface area contributed by atoms with E-state index in [0.717, 1.165) is 4.90 Å². The van der Waals surface area contributed by atoms with Gasteiger partial charge in [0.05, 0.1) is 0 Å². The number of hydrogen-bond acceptors (Lipinski definition) is 2. The van der Waals surface area contributed by atoms with Crippen molar-refractivity contribution in [1.82, 2.24) is 4.90 Å². The number of halogens is 3. The van der Waals surface area contributed by atoms with Crippen molar-refractivity contribution < 1.29 is 23.1 Å². The van der Waals surface area contributed by atoms with Crippen molar-refractivity contribution in [3.8, 4) is 5.75 Å². The molecule has 18 heavy (non-hydrogen) atoms. The quantitative estimate of drug-likeness (QED) is 0.905. The third-order valence-corrected chi connectivity index (χ3v) is 2.75. The van der Waals surface area contributed by atoms with Gasteiger partial charge in [0.2, 0.25) is 0 Å². The highest BCUT2D eigenvalue weighted by atomic mass is 19.4. The van der Waals surface area contributed by atoms with Crippen LogP contribution in [0.25, 0.3) is 0 Å². The van der Waals surface area contributed by atoms with Crippen molar-refractivity contribution in [2.45, 2.75) is 31.6 Å². The van der Waals surface area contributed by atoms with Gasteiger partial charge in [-0.3, -0.25) is 4.79 Å². The lowest BCUT2D eigenvalue weighted by atomic mass is 10.2. The van der Waals surface area contributed by atoms with E-state index in [1.165, 1.54) is 18.2 Å². The molecule has 0 atom stereocenters. The first-order valence-electron chi connectivity index (χ1n) is 5.53. The fourth-order valence-electron chi connectivity index (χ4n) is 1.77. The molecule has 0 saturated heterocycles. The van der Waals surface area contributed by atoms with Crippen LogP contribution >= 0.6 is 0 Å². The number of alkyl halides is 3. The fraction of sp³-hybridized carbons (Fsp3) is 0.417. The molecule has 1 aliphatic rings. The molecule has 1 N–H and O–H groups in total. The van der Waals surface area contributed by atoms with Gasteiger partial charge in [-0.05, 0) is 30.5 Å². The molecule has 6 heteroatoms. The Bertz CT molecular complexity index is 455. The summed E-state index contributed by atoms with van der Waals surface area (Å²) in [7, 11) is 0. The smallest absolute Gasteiger partial charge is 0.471 e. The van der Waals surface area contributed by atoms with Gasteiger partial charge in [-0.1, -0.05) is 12.1 Å². The van der Waals surface area contributed by atoms with Gasteiger partial charge in [0.15, 0.2) is 0 Å². The Kier molecular flexibility index (Phi) is 3.19. The normalized spacial score (nSPS) is 15.5. The van der Waals surface area contributed by atoms with Crippen LogP contribution in [0.4, 0.5) is 13.2 Å². The minimum Gasteiger partial charge on any atom is -0.508 e. The molecule has 98 valence electrons. The average molecular weight is 259 g/mol. The number of hydrogen-bond donors (Lipinski definition) is 1. The maximum atomic E-state index is 12.4. The third-order valence-electron chi connectivity index (χ3n) is 2.75. The van der Waals surface area contributed by atoms with E-state index in [2.05, 4.69) is 0 Å². The Morgan fingerprint density at radius 2 is 2.06 bits per heavy atom. The second-order valence-electron chi connectivity index (χ2n) is 4.33. The average Bonchev–Trinajstić information content (AvgIpc) is 3.07. The number of amides is 1. The zero-order valence-electron chi connectivity index (χ0n) is 9.44. The number of phenolic OH excluding ortho intramolecular Hbond substituents is 1. The Hall–Kier alpha value is -1.72. The van der Waals surface area contributed by atoms with Crippen molar-refractivity contribution in [1.29, 1.82) is 0 Å². The first-order chi connectivity index (χ1) is 8.38. The SMILES string of the molecule is O=C(N(Cc1cccc(O)c1)C1CC1)C(F)(F)F. The first-order valence-corrected chi connectivity index (χ1v) is 5.53. The van der Waals surface area contributed by atoms with Crippen LogP contribution in [0, 0.1) is 0 Å². The van der Waals surface area contributed by atoms with Crippen LogP contribution in [0.1, 0.15) is 18.4 Å². The lowest BCUT2D eigenvalue weighted by Crippen LogP contribution is -2.42. The molecule has 1 amide bonds. The molecule has 0 spiro atoms. The predicted octanol–water partition coefficient (Wildman–Crippen LogP) is 2.45. The van der Waals surface area contributed by atoms with Crippen molar-refractivity contribution >= 4 is 5.91 Å². The van der Waals surface area contributed by atoms with E-state index < -0.39 is 12.1 Å². The lowest BCUT2D eigenvalue weighted by Gasteiger charge is -2.23. The van der Waals surface area contributed by atoms with Crippen molar-refractivity contribution in [3.63, 3.8) is 0 Å². The van der Waals surface area contributed by atoms with Crippen LogP contribution < -0.4 is 0 Å². The number of carbonyl (C=O) groups is 1. The molecule has 1 aliphatic carbocycles. The molecule has 1 saturated carbocycles. The maximum absolute atomic E-state index is 12.4. The van der Waals surface area contributed by atoms with Crippen molar-refractivity contribution in [3.05, 3.63) is 29.8 Å². The van der Waals surface area contributed by atoms with E-state index in [4.69, 9.17) is 0 Å². The molecule has 2 rings (SSSR count). The van der Waals surface area contributed by atoms with Crippen LogP contribution in [-0.4, -0.2) is 28.1 Å². The molecular formula is C12H12F3NO2. The van der Waals surface area contributed by atoms with Gasteiger partial charge >= 0.3 is 12.1 Å². The summed E-state index contributed by atoms with van der Waals surface area (Å²) in [5.41, 5.74) is 0.486. The molecule has 0 unspecified atom stereocenters. The van der Waals surface area contributed by atoms with Gasteiger partial charge in [0.25, 0.3) is 0 Å². The Morgan fingerprint density at radius 1 is 1.39 bits per heavy atom. The summed E-state index contributed by atoms with van der Waals surface area (Å²) in [5, 5.41) is 9.25. The summed E-state index contributed by atoms with van der Waals surface area (Å²) in [6, 6.07) is 5.57. The number of aromatic hydroxyl groups is 1. The molecule has 0 aliphatic heterocycles. The molecule has 1 aromatic carbocycles. The number of carbonyl (C=O) groups excluding carboxylic acids is 1. The number of rotatable bonds is 3. The first kappa shape index (κ1) is 12.7. The van der Waals surface area contributed by atoms with Gasteiger partial charge in [-0.2, -0.15) is 13.2 Å². The molecular weight excluding hydrogens is 247 g/mol. The summed E-state index contributed by atoms with van der Waals surface area (Å²) in [5.74, 6) is -1.84. The third kappa shape index (κ3) is 2.94. The van der Waals surface area contributed by atoms with Gasteiger partial charge < -0.3 is 10.0 Å². The van der Waals surface area contributed by atoms with E-state index in [1.54, 1.807) is 6.07 Å². The van der Waals surface area contributed by atoms with E-state index in [-0.39, 0.29) is 18.3 Å². The Labute approximate surface area is 102 Å². The fourth-order valence-corrected chi connectivity index (χ4v) is 1.77. The summed E-state index contributed by atoms with van der Waals surface area (Å²) in [6.45, 7) is -0.128. The van der Waals surface area contributed by atoms with Crippen LogP contribution in [0.5, 0.6) is 5.75 Å². The zero-order chi connectivity index (χ0) is 13.3. The number of nitrogens with zero attached hydrogens (tertiary/aromatic N) is 1. The minimum atomic E-state index is -4.85. The van der Waals surface area contributed by atoms with Gasteiger partial charge in [-0.15, -0.1) is 0 Å². The molecule has 0 bridgehead atoms. The summed E-state index contributed by atoms with van der Waals surface area (Å²) in [4.78, 5) is 12.1. The number of phenols is 1. The predicted molar refractivity (Wildman–Crippen MR) is 57.7 cm³/mol. The van der Waals surface area contributed by atoms with Crippen LogP contribution in [-0.2, 0) is 11.3 Å². The second-order valence-corrected chi connectivity index (χ2v) is 4.33. The van der Waals surface area contributed by atoms with Crippen molar-refractivity contribution in [2.75, 3.05) is 0 Å². The van der Waals surface area contributed by atoms with E-state index in [0.29, 0.717) is 18.4 Å². The number of benzene rings is 1. The molecule has 0 radical (unpaired) electrons. The molecule has 0 heterocycles. The van der Waals surface area contributed by atoms with Crippen molar-refractivity contribution in [2.24, 2.45) is 0 Å². The van der Waals surface area contributed by atoms with E-state index >= 15 is 0 Å². The van der Waals surface area contributed by atoms with Gasteiger partial charge in [-0.25, -0.2) is 0 Å². The summed E-state index contributed by atoms with van der Waals surface area (Å²) in [6.07, 6.45) is -3.65. The van der Waals surface area contributed by atoms with E-state index in [1.807, 2.05) is 0 Å². The maximum Gasteiger partial charge on any atom is 0.471 e. The van der Waals surface area contributed by atoms with E-state index in [9.17, 15) is 23.1 Å². The van der Waals surface area contributed by atoms with Gasteiger partial charge in [0, 0.05) is 12.6 Å². The molecule has 0 aromatic heterocycles. The molecule has 1 fully saturated rings. The Morgan fingerprint density at radius 3 is 2.56 bits per heavy atom. The largest absolute Gasteiger partial charge is 0.508 e. The highest BCUT2D eigenvalue weighted by molar-refractivity contribution is 5.82. The monoisotopic (exact) mass is 259 g/mol. The standard InChI is InChI=1S/C12H12F3NO2/c13-12(14,15)11(18)16(9-4-5-9)7-8-2-1-3-10(17)6-8/h1-3,6,9,17H,4-5,7H2. The van der Waals surface area contributed by atoms with Crippen LogP contribution in [0.3, 0.4) is 0 Å². The minimum absolute atomic E-state index is 0.0253. The highest BCUT2D eigenvalue weighted by Gasteiger charge is 2.46. The second kappa shape index (κ2) is 4.51. The molecule has 1 aromatic rings.